The first-order valence-electron chi connectivity index (χ1n) is 6.72. The fourth-order valence-corrected chi connectivity index (χ4v) is 2.73. The van der Waals surface area contributed by atoms with Crippen molar-refractivity contribution >= 4 is 0 Å². The summed E-state index contributed by atoms with van der Waals surface area (Å²) in [6.07, 6.45) is 0. The third-order valence-corrected chi connectivity index (χ3v) is 4.22. The number of benzene rings is 1. The second kappa shape index (κ2) is 4.76. The van der Waals surface area contributed by atoms with Gasteiger partial charge in [-0.15, -0.1) is 0 Å². The number of hydrogen-bond donors (Lipinski definition) is 0. The monoisotopic (exact) mass is 254 g/mol. The van der Waals surface area contributed by atoms with Gasteiger partial charge in [-0.05, 0) is 82.3 Å². The average Bonchev–Trinajstić information content (AvgIpc) is 2.33. The van der Waals surface area contributed by atoms with E-state index in [0.717, 1.165) is 17.2 Å². The highest BCUT2D eigenvalue weighted by atomic mass is 14.9. The van der Waals surface area contributed by atoms with Gasteiger partial charge >= 0.3 is 0 Å². The SMILES string of the molecule is Cc1cc(-c2c(C)c(C)c(C)c(C)c2C)nc(C)n1. The van der Waals surface area contributed by atoms with Gasteiger partial charge in [0.2, 0.25) is 0 Å². The highest BCUT2D eigenvalue weighted by Crippen LogP contribution is 2.33. The molecular formula is C17H22N2. The third-order valence-electron chi connectivity index (χ3n) is 4.22. The average molecular weight is 254 g/mol. The fourth-order valence-electron chi connectivity index (χ4n) is 2.73. The maximum Gasteiger partial charge on any atom is 0.126 e. The van der Waals surface area contributed by atoms with E-state index in [1.807, 2.05) is 13.8 Å². The molecule has 0 bridgehead atoms. The van der Waals surface area contributed by atoms with E-state index >= 15 is 0 Å². The Labute approximate surface area is 115 Å². The van der Waals surface area contributed by atoms with Crippen molar-refractivity contribution in [2.45, 2.75) is 48.5 Å². The molecule has 0 amide bonds. The van der Waals surface area contributed by atoms with Crippen LogP contribution >= 0.6 is 0 Å². The molecule has 1 heterocycles. The van der Waals surface area contributed by atoms with E-state index in [0.29, 0.717) is 0 Å². The van der Waals surface area contributed by atoms with Crippen molar-refractivity contribution in [2.24, 2.45) is 0 Å². The van der Waals surface area contributed by atoms with Gasteiger partial charge in [0.1, 0.15) is 5.82 Å². The number of hydrogen-bond acceptors (Lipinski definition) is 2. The molecule has 0 saturated carbocycles. The largest absolute Gasteiger partial charge is 0.239 e. The van der Waals surface area contributed by atoms with Gasteiger partial charge in [-0.25, -0.2) is 9.97 Å². The molecule has 0 radical (unpaired) electrons. The molecule has 0 unspecified atom stereocenters. The molecule has 19 heavy (non-hydrogen) atoms. The van der Waals surface area contributed by atoms with Gasteiger partial charge in [0.05, 0.1) is 5.69 Å². The van der Waals surface area contributed by atoms with Gasteiger partial charge in [-0.1, -0.05) is 0 Å². The Bertz CT molecular complexity index is 606. The summed E-state index contributed by atoms with van der Waals surface area (Å²) in [6, 6.07) is 2.08. The number of aromatic nitrogens is 2. The van der Waals surface area contributed by atoms with Gasteiger partial charge in [0.25, 0.3) is 0 Å². The van der Waals surface area contributed by atoms with Gasteiger partial charge in [0, 0.05) is 11.3 Å². The summed E-state index contributed by atoms with van der Waals surface area (Å²) in [4.78, 5) is 9.00. The molecule has 0 saturated heterocycles. The molecule has 2 nitrogen and oxygen atoms in total. The first kappa shape index (κ1) is 13.7. The lowest BCUT2D eigenvalue weighted by atomic mass is 9.88. The smallest absolute Gasteiger partial charge is 0.126 e. The van der Waals surface area contributed by atoms with Crippen LogP contribution in [-0.4, -0.2) is 9.97 Å². The van der Waals surface area contributed by atoms with Crippen molar-refractivity contribution in [3.05, 3.63) is 45.4 Å². The Morgan fingerprint density at radius 3 is 1.58 bits per heavy atom. The normalized spacial score (nSPS) is 10.9. The number of nitrogens with zero attached hydrogens (tertiary/aromatic N) is 2. The summed E-state index contributed by atoms with van der Waals surface area (Å²) < 4.78 is 0. The molecule has 1 aromatic heterocycles. The summed E-state index contributed by atoms with van der Waals surface area (Å²) in [7, 11) is 0. The summed E-state index contributed by atoms with van der Waals surface area (Å²) in [5, 5.41) is 0. The van der Waals surface area contributed by atoms with E-state index in [1.165, 1.54) is 33.4 Å². The van der Waals surface area contributed by atoms with Crippen molar-refractivity contribution in [1.29, 1.82) is 0 Å². The fraction of sp³-hybridized carbons (Fsp3) is 0.412. The Morgan fingerprint density at radius 2 is 1.11 bits per heavy atom. The zero-order chi connectivity index (χ0) is 14.3. The quantitative estimate of drug-likeness (QED) is 0.758. The summed E-state index contributed by atoms with van der Waals surface area (Å²) in [5.41, 5.74) is 10.1. The lowest BCUT2D eigenvalue weighted by molar-refractivity contribution is 1.01. The zero-order valence-electron chi connectivity index (χ0n) is 13.0. The topological polar surface area (TPSA) is 25.8 Å². The van der Waals surface area contributed by atoms with Crippen LogP contribution in [0.15, 0.2) is 6.07 Å². The molecule has 0 aliphatic heterocycles. The van der Waals surface area contributed by atoms with E-state index in [1.54, 1.807) is 0 Å². The van der Waals surface area contributed by atoms with E-state index in [-0.39, 0.29) is 0 Å². The van der Waals surface area contributed by atoms with Crippen molar-refractivity contribution in [3.8, 4) is 11.3 Å². The summed E-state index contributed by atoms with van der Waals surface area (Å²) in [6.45, 7) is 15.0. The van der Waals surface area contributed by atoms with Crippen molar-refractivity contribution in [1.82, 2.24) is 9.97 Å². The Kier molecular flexibility index (Phi) is 3.44. The second-order valence-corrected chi connectivity index (χ2v) is 5.44. The van der Waals surface area contributed by atoms with Crippen LogP contribution in [0.1, 0.15) is 39.3 Å². The summed E-state index contributed by atoms with van der Waals surface area (Å²) >= 11 is 0. The number of rotatable bonds is 1. The molecule has 0 aliphatic rings. The molecule has 2 heteroatoms. The van der Waals surface area contributed by atoms with Crippen LogP contribution in [0.2, 0.25) is 0 Å². The molecule has 0 aliphatic carbocycles. The maximum atomic E-state index is 4.63. The molecule has 0 fully saturated rings. The van der Waals surface area contributed by atoms with Gasteiger partial charge in [-0.3, -0.25) is 0 Å². The third kappa shape index (κ3) is 2.27. The Hall–Kier alpha value is -1.70. The summed E-state index contributed by atoms with van der Waals surface area (Å²) in [5.74, 6) is 0.838. The van der Waals surface area contributed by atoms with E-state index < -0.39 is 0 Å². The van der Waals surface area contributed by atoms with Crippen LogP contribution in [0, 0.1) is 48.5 Å². The lowest BCUT2D eigenvalue weighted by Crippen LogP contribution is -2.02. The van der Waals surface area contributed by atoms with E-state index in [4.69, 9.17) is 0 Å². The van der Waals surface area contributed by atoms with E-state index in [2.05, 4.69) is 50.7 Å². The molecule has 2 rings (SSSR count). The van der Waals surface area contributed by atoms with E-state index in [9.17, 15) is 0 Å². The van der Waals surface area contributed by atoms with Crippen LogP contribution in [0.25, 0.3) is 11.3 Å². The van der Waals surface area contributed by atoms with Crippen LogP contribution in [0.3, 0.4) is 0 Å². The standard InChI is InChI=1S/C17H22N2/c1-9-8-16(19-15(7)18-9)17-13(5)11(3)10(2)12(4)14(17)6/h8H,1-7H3. The minimum Gasteiger partial charge on any atom is -0.239 e. The first-order chi connectivity index (χ1) is 8.82. The van der Waals surface area contributed by atoms with Crippen molar-refractivity contribution < 1.29 is 0 Å². The highest BCUT2D eigenvalue weighted by Gasteiger charge is 2.15. The molecule has 100 valence electrons. The molecule has 1 aromatic carbocycles. The predicted molar refractivity (Wildman–Crippen MR) is 80.6 cm³/mol. The minimum absolute atomic E-state index is 0.838. The Balaban J connectivity index is 2.82. The molecule has 2 aromatic rings. The van der Waals surface area contributed by atoms with Crippen LogP contribution in [0.4, 0.5) is 0 Å². The second-order valence-electron chi connectivity index (χ2n) is 5.44. The van der Waals surface area contributed by atoms with Crippen LogP contribution < -0.4 is 0 Å². The lowest BCUT2D eigenvalue weighted by Gasteiger charge is -2.18. The van der Waals surface area contributed by atoms with Crippen molar-refractivity contribution in [2.75, 3.05) is 0 Å². The predicted octanol–water partition coefficient (Wildman–Crippen LogP) is 4.30. The van der Waals surface area contributed by atoms with Crippen LogP contribution in [0.5, 0.6) is 0 Å². The number of aryl methyl sites for hydroxylation is 2. The highest BCUT2D eigenvalue weighted by molar-refractivity contribution is 5.72. The van der Waals surface area contributed by atoms with Crippen molar-refractivity contribution in [3.63, 3.8) is 0 Å². The van der Waals surface area contributed by atoms with Gasteiger partial charge in [0.15, 0.2) is 0 Å². The molecule has 0 atom stereocenters. The zero-order valence-corrected chi connectivity index (χ0v) is 13.0. The molecular weight excluding hydrogens is 232 g/mol. The molecule has 0 spiro atoms. The van der Waals surface area contributed by atoms with Crippen LogP contribution in [-0.2, 0) is 0 Å². The van der Waals surface area contributed by atoms with Gasteiger partial charge in [-0.2, -0.15) is 0 Å². The molecule has 0 N–H and O–H groups in total. The minimum atomic E-state index is 0.838. The first-order valence-corrected chi connectivity index (χ1v) is 6.72. The Morgan fingerprint density at radius 1 is 0.632 bits per heavy atom. The van der Waals surface area contributed by atoms with Gasteiger partial charge < -0.3 is 0 Å². The maximum absolute atomic E-state index is 4.63.